The Hall–Kier alpha value is -0.330. The van der Waals surface area contributed by atoms with Crippen molar-refractivity contribution in [2.45, 2.75) is 65.3 Å². The van der Waals surface area contributed by atoms with Gasteiger partial charge < -0.3 is 0 Å². The summed E-state index contributed by atoms with van der Waals surface area (Å²) < 4.78 is 0. The van der Waals surface area contributed by atoms with Gasteiger partial charge in [0.2, 0.25) is 0 Å². The molecule has 3 fully saturated rings. The molecule has 2 heterocycles. The molecule has 5 rings (SSSR count). The predicted octanol–water partition coefficient (Wildman–Crippen LogP) is 4.07. The van der Waals surface area contributed by atoms with E-state index in [1.165, 1.54) is 38.5 Å². The highest BCUT2D eigenvalue weighted by atomic mass is 15.0. The van der Waals surface area contributed by atoms with Gasteiger partial charge in [0.15, 0.2) is 0 Å². The van der Waals surface area contributed by atoms with Crippen molar-refractivity contribution in [3.63, 3.8) is 0 Å². The van der Waals surface area contributed by atoms with Gasteiger partial charge in [-0.15, -0.1) is 0 Å². The summed E-state index contributed by atoms with van der Waals surface area (Å²) in [5, 5.41) is 0. The smallest absolute Gasteiger partial charge is 0.0588 e. The molecule has 1 nitrogen and oxygen atoms in total. The lowest BCUT2D eigenvalue weighted by Gasteiger charge is -2.69. The van der Waals surface area contributed by atoms with Gasteiger partial charge in [-0.3, -0.25) is 4.99 Å². The monoisotopic (exact) mass is 231 g/mol. The highest BCUT2D eigenvalue weighted by Crippen LogP contribution is 2.73. The molecule has 0 N–H and O–H groups in total. The molecule has 0 amide bonds. The third-order valence-corrected chi connectivity index (χ3v) is 7.50. The van der Waals surface area contributed by atoms with Gasteiger partial charge in [0.25, 0.3) is 0 Å². The Balaban J connectivity index is 1.96. The van der Waals surface area contributed by atoms with Crippen LogP contribution in [0.2, 0.25) is 0 Å². The van der Waals surface area contributed by atoms with E-state index in [1.807, 2.05) is 0 Å². The summed E-state index contributed by atoms with van der Waals surface area (Å²) in [6, 6.07) is 0.681. The normalized spacial score (nSPS) is 58.2. The van der Waals surface area contributed by atoms with Gasteiger partial charge in [-0.2, -0.15) is 0 Å². The highest BCUT2D eigenvalue weighted by Gasteiger charge is 2.70. The largest absolute Gasteiger partial charge is 0.293 e. The van der Waals surface area contributed by atoms with Crippen molar-refractivity contribution in [1.29, 1.82) is 0 Å². The Morgan fingerprint density at radius 2 is 1.76 bits per heavy atom. The molecule has 4 bridgehead atoms. The van der Waals surface area contributed by atoms with Crippen LogP contribution in [0.4, 0.5) is 0 Å². The molecule has 1 spiro atoms. The predicted molar refractivity (Wildman–Crippen MR) is 71.3 cm³/mol. The van der Waals surface area contributed by atoms with E-state index in [0.29, 0.717) is 22.3 Å². The summed E-state index contributed by atoms with van der Waals surface area (Å²) in [4.78, 5) is 5.06. The van der Waals surface area contributed by atoms with Gasteiger partial charge in [-0.1, -0.05) is 33.6 Å². The summed E-state index contributed by atoms with van der Waals surface area (Å²) >= 11 is 0. The second-order valence-electron chi connectivity index (χ2n) is 7.90. The molecule has 17 heavy (non-hydrogen) atoms. The zero-order chi connectivity index (χ0) is 11.9. The van der Waals surface area contributed by atoms with Crippen LogP contribution in [0.5, 0.6) is 0 Å². The summed E-state index contributed by atoms with van der Waals surface area (Å²) in [6.07, 6.45) is 11.2. The Labute approximate surface area is 105 Å². The van der Waals surface area contributed by atoms with Gasteiger partial charge in [-0.05, 0) is 48.3 Å². The number of rotatable bonds is 0. The fourth-order valence-corrected chi connectivity index (χ4v) is 6.35. The number of hydrogen-bond donors (Lipinski definition) is 0. The van der Waals surface area contributed by atoms with Crippen LogP contribution in [0.3, 0.4) is 0 Å². The van der Waals surface area contributed by atoms with Gasteiger partial charge >= 0.3 is 0 Å². The molecule has 5 aliphatic rings. The molecular weight excluding hydrogens is 206 g/mol. The average molecular weight is 231 g/mol. The zero-order valence-corrected chi connectivity index (χ0v) is 11.5. The molecule has 1 heteroatoms. The SMILES string of the molecule is CC1(C)[C@H]2CCC[C@]34CCC[C@H]3[C@@]1(C)C=N[C@H]24. The van der Waals surface area contributed by atoms with Crippen LogP contribution in [-0.2, 0) is 0 Å². The van der Waals surface area contributed by atoms with E-state index in [1.54, 1.807) is 0 Å². The quantitative estimate of drug-likeness (QED) is 0.596. The maximum Gasteiger partial charge on any atom is 0.0588 e. The van der Waals surface area contributed by atoms with E-state index in [-0.39, 0.29) is 0 Å². The van der Waals surface area contributed by atoms with Crippen molar-refractivity contribution in [3.05, 3.63) is 0 Å². The Kier molecular flexibility index (Phi) is 1.75. The van der Waals surface area contributed by atoms with Crippen LogP contribution in [0.1, 0.15) is 59.3 Å². The van der Waals surface area contributed by atoms with Crippen LogP contribution in [0, 0.1) is 28.1 Å². The molecule has 0 aromatic carbocycles. The summed E-state index contributed by atoms with van der Waals surface area (Å²) in [5.41, 5.74) is 1.48. The molecular formula is C16H25N. The van der Waals surface area contributed by atoms with E-state index in [9.17, 15) is 0 Å². The number of nitrogens with zero attached hydrogens (tertiary/aromatic N) is 1. The number of aliphatic imine (C=N–C) groups is 1. The van der Waals surface area contributed by atoms with Crippen LogP contribution in [0.15, 0.2) is 4.99 Å². The lowest BCUT2D eigenvalue weighted by atomic mass is 9.38. The molecule has 0 aromatic heterocycles. The molecule has 3 saturated carbocycles. The first-order chi connectivity index (χ1) is 8.02. The summed E-state index contributed by atoms with van der Waals surface area (Å²) in [7, 11) is 0. The first kappa shape index (κ1) is 10.6. The average Bonchev–Trinajstić information content (AvgIpc) is 2.71. The molecule has 2 aliphatic heterocycles. The van der Waals surface area contributed by atoms with Gasteiger partial charge in [-0.25, -0.2) is 0 Å². The van der Waals surface area contributed by atoms with Crippen LogP contribution in [0.25, 0.3) is 0 Å². The van der Waals surface area contributed by atoms with Crippen molar-refractivity contribution in [3.8, 4) is 0 Å². The first-order valence-electron chi connectivity index (χ1n) is 7.57. The second kappa shape index (κ2) is 2.81. The van der Waals surface area contributed by atoms with Crippen molar-refractivity contribution in [1.82, 2.24) is 0 Å². The fraction of sp³-hybridized carbons (Fsp3) is 0.938. The fourth-order valence-electron chi connectivity index (χ4n) is 6.35. The molecule has 0 unspecified atom stereocenters. The van der Waals surface area contributed by atoms with Crippen LogP contribution < -0.4 is 0 Å². The second-order valence-corrected chi connectivity index (χ2v) is 7.90. The maximum atomic E-state index is 5.06. The van der Waals surface area contributed by atoms with Crippen molar-refractivity contribution in [2.24, 2.45) is 33.1 Å². The highest BCUT2D eigenvalue weighted by molar-refractivity contribution is 5.71. The molecule has 0 radical (unpaired) electrons. The minimum Gasteiger partial charge on any atom is -0.293 e. The van der Waals surface area contributed by atoms with Crippen molar-refractivity contribution >= 4 is 6.21 Å². The molecule has 94 valence electrons. The van der Waals surface area contributed by atoms with Crippen molar-refractivity contribution < 1.29 is 0 Å². The van der Waals surface area contributed by atoms with Crippen LogP contribution >= 0.6 is 0 Å². The van der Waals surface area contributed by atoms with E-state index >= 15 is 0 Å². The molecule has 5 atom stereocenters. The maximum absolute atomic E-state index is 5.06. The van der Waals surface area contributed by atoms with E-state index in [0.717, 1.165) is 11.8 Å². The standard InChI is InChI=1S/C16H25N/c1-14(2)11-6-4-8-16-9-5-7-12(16)15(14,3)10-17-13(11)16/h10-13H,4-9H2,1-3H3/t11-,12-,13+,15+,16-/m0/s1. The lowest BCUT2D eigenvalue weighted by molar-refractivity contribution is -0.145. The Bertz CT molecular complexity index is 396. The van der Waals surface area contributed by atoms with Gasteiger partial charge in [0.05, 0.1) is 6.04 Å². The summed E-state index contributed by atoms with van der Waals surface area (Å²) in [5.74, 6) is 1.80. The third kappa shape index (κ3) is 0.912. The summed E-state index contributed by atoms with van der Waals surface area (Å²) in [6.45, 7) is 7.59. The minimum atomic E-state index is 0.378. The molecule has 0 saturated heterocycles. The number of hydrogen-bond acceptors (Lipinski definition) is 1. The lowest BCUT2D eigenvalue weighted by Crippen LogP contribution is -2.67. The van der Waals surface area contributed by atoms with E-state index in [2.05, 4.69) is 27.0 Å². The minimum absolute atomic E-state index is 0.378. The zero-order valence-electron chi connectivity index (χ0n) is 11.5. The van der Waals surface area contributed by atoms with E-state index in [4.69, 9.17) is 4.99 Å². The third-order valence-electron chi connectivity index (χ3n) is 7.50. The Morgan fingerprint density at radius 3 is 2.53 bits per heavy atom. The molecule has 0 aromatic rings. The first-order valence-corrected chi connectivity index (χ1v) is 7.57. The van der Waals surface area contributed by atoms with E-state index < -0.39 is 0 Å². The van der Waals surface area contributed by atoms with Gasteiger partial charge in [0.1, 0.15) is 0 Å². The molecule has 3 aliphatic carbocycles. The van der Waals surface area contributed by atoms with Crippen molar-refractivity contribution in [2.75, 3.05) is 0 Å². The topological polar surface area (TPSA) is 12.4 Å². The Morgan fingerprint density at radius 1 is 1.06 bits per heavy atom. The van der Waals surface area contributed by atoms with Gasteiger partial charge in [0, 0.05) is 11.6 Å². The van der Waals surface area contributed by atoms with Crippen LogP contribution in [-0.4, -0.2) is 12.3 Å².